The number of aliphatic imine (C=N–C) groups is 1. The summed E-state index contributed by atoms with van der Waals surface area (Å²) in [6, 6.07) is 9.94. The number of nitrogens with zero attached hydrogens (tertiary/aromatic N) is 1. The van der Waals surface area contributed by atoms with Gasteiger partial charge in [0.15, 0.2) is 5.96 Å². The average molecular weight is 293 g/mol. The van der Waals surface area contributed by atoms with Crippen LogP contribution < -0.4 is 10.6 Å². The van der Waals surface area contributed by atoms with Gasteiger partial charge in [0.05, 0.1) is 6.61 Å². The third-order valence-electron chi connectivity index (χ3n) is 3.22. The van der Waals surface area contributed by atoms with Gasteiger partial charge in [-0.15, -0.1) is 0 Å². The molecule has 0 aliphatic carbocycles. The third-order valence-corrected chi connectivity index (χ3v) is 3.22. The molecule has 5 nitrogen and oxygen atoms in total. The fraction of sp³-hybridized carbons (Fsp3) is 0.562. The standard InChI is InChI=1S/C16H27N3O2/c1-3-17-16(18-9-13(2)11-20)19-10-15(12-21)14-7-5-4-6-8-14/h4-8,13,15,20-21H,3,9-12H2,1-2H3,(H2,17,18,19). The lowest BCUT2D eigenvalue weighted by Gasteiger charge is -2.18. The van der Waals surface area contributed by atoms with Crippen LogP contribution in [0.1, 0.15) is 25.3 Å². The summed E-state index contributed by atoms with van der Waals surface area (Å²) >= 11 is 0. The highest BCUT2D eigenvalue weighted by Crippen LogP contribution is 2.13. The Hall–Kier alpha value is -1.59. The second-order valence-corrected chi connectivity index (χ2v) is 5.18. The summed E-state index contributed by atoms with van der Waals surface area (Å²) in [6.45, 7) is 6.13. The first-order valence-corrected chi connectivity index (χ1v) is 7.50. The van der Waals surface area contributed by atoms with Crippen LogP contribution in [0.5, 0.6) is 0 Å². The van der Waals surface area contributed by atoms with E-state index in [4.69, 9.17) is 5.11 Å². The maximum absolute atomic E-state index is 9.55. The number of hydrogen-bond donors (Lipinski definition) is 4. The van der Waals surface area contributed by atoms with Crippen molar-refractivity contribution in [1.82, 2.24) is 10.6 Å². The molecule has 2 unspecified atom stereocenters. The van der Waals surface area contributed by atoms with Crippen molar-refractivity contribution in [1.29, 1.82) is 0 Å². The zero-order valence-electron chi connectivity index (χ0n) is 12.9. The third kappa shape index (κ3) is 6.60. The molecule has 0 amide bonds. The van der Waals surface area contributed by atoms with Crippen LogP contribution in [0.2, 0.25) is 0 Å². The van der Waals surface area contributed by atoms with E-state index in [1.54, 1.807) is 0 Å². The van der Waals surface area contributed by atoms with Gasteiger partial charge < -0.3 is 20.8 Å². The van der Waals surface area contributed by atoms with E-state index in [2.05, 4.69) is 15.6 Å². The molecule has 0 heterocycles. The molecule has 0 aliphatic heterocycles. The monoisotopic (exact) mass is 293 g/mol. The Balaban J connectivity index is 2.58. The van der Waals surface area contributed by atoms with Gasteiger partial charge in [0, 0.05) is 32.2 Å². The minimum atomic E-state index is 0.0327. The summed E-state index contributed by atoms with van der Waals surface area (Å²) in [4.78, 5) is 4.44. The highest BCUT2D eigenvalue weighted by Gasteiger charge is 2.10. The van der Waals surface area contributed by atoms with E-state index in [0.29, 0.717) is 19.0 Å². The molecule has 1 aromatic carbocycles. The molecular formula is C16H27N3O2. The van der Waals surface area contributed by atoms with Crippen LogP contribution in [-0.2, 0) is 0 Å². The summed E-state index contributed by atoms with van der Waals surface area (Å²) < 4.78 is 0. The summed E-state index contributed by atoms with van der Waals surface area (Å²) in [6.07, 6.45) is 0. The van der Waals surface area contributed by atoms with Gasteiger partial charge in [0.2, 0.25) is 0 Å². The number of aliphatic hydroxyl groups excluding tert-OH is 2. The summed E-state index contributed by atoms with van der Waals surface area (Å²) in [5.41, 5.74) is 1.10. The van der Waals surface area contributed by atoms with Crippen LogP contribution in [0.15, 0.2) is 35.3 Å². The molecule has 21 heavy (non-hydrogen) atoms. The van der Waals surface area contributed by atoms with Crippen molar-refractivity contribution in [3.63, 3.8) is 0 Å². The van der Waals surface area contributed by atoms with Gasteiger partial charge in [-0.25, -0.2) is 0 Å². The van der Waals surface area contributed by atoms with Crippen LogP contribution in [0, 0.1) is 5.92 Å². The predicted molar refractivity (Wildman–Crippen MR) is 86.5 cm³/mol. The maximum atomic E-state index is 9.55. The fourth-order valence-corrected chi connectivity index (χ4v) is 1.88. The molecular weight excluding hydrogens is 266 g/mol. The van der Waals surface area contributed by atoms with Crippen molar-refractivity contribution < 1.29 is 10.2 Å². The topological polar surface area (TPSA) is 76.9 Å². The molecule has 0 spiro atoms. The Morgan fingerprint density at radius 1 is 1.14 bits per heavy atom. The SMILES string of the molecule is CCNC(=NCC(C)CO)NCC(CO)c1ccccc1. The molecule has 0 saturated heterocycles. The van der Waals surface area contributed by atoms with Crippen LogP contribution in [0.4, 0.5) is 0 Å². The van der Waals surface area contributed by atoms with E-state index in [-0.39, 0.29) is 25.0 Å². The van der Waals surface area contributed by atoms with Crippen LogP contribution >= 0.6 is 0 Å². The van der Waals surface area contributed by atoms with Gasteiger partial charge >= 0.3 is 0 Å². The molecule has 0 aliphatic rings. The van der Waals surface area contributed by atoms with Gasteiger partial charge in [0.1, 0.15) is 0 Å². The quantitative estimate of drug-likeness (QED) is 0.425. The lowest BCUT2D eigenvalue weighted by Crippen LogP contribution is -2.40. The second-order valence-electron chi connectivity index (χ2n) is 5.18. The Labute approximate surface area is 127 Å². The van der Waals surface area contributed by atoms with E-state index in [1.807, 2.05) is 44.2 Å². The fourth-order valence-electron chi connectivity index (χ4n) is 1.88. The average Bonchev–Trinajstić information content (AvgIpc) is 2.53. The summed E-state index contributed by atoms with van der Waals surface area (Å²) in [7, 11) is 0. The number of benzene rings is 1. The van der Waals surface area contributed by atoms with Gasteiger partial charge in [-0.3, -0.25) is 4.99 Å². The zero-order valence-corrected chi connectivity index (χ0v) is 12.9. The van der Waals surface area contributed by atoms with Gasteiger partial charge in [0.25, 0.3) is 0 Å². The van der Waals surface area contributed by atoms with Gasteiger partial charge in [-0.2, -0.15) is 0 Å². The molecule has 0 fully saturated rings. The first-order valence-electron chi connectivity index (χ1n) is 7.50. The molecule has 118 valence electrons. The molecule has 0 bridgehead atoms. The molecule has 0 aromatic heterocycles. The second kappa shape index (κ2) is 10.2. The molecule has 0 saturated carbocycles. The number of rotatable bonds is 8. The maximum Gasteiger partial charge on any atom is 0.191 e. The molecule has 4 N–H and O–H groups in total. The smallest absolute Gasteiger partial charge is 0.191 e. The van der Waals surface area contributed by atoms with E-state index in [1.165, 1.54) is 0 Å². The van der Waals surface area contributed by atoms with E-state index in [0.717, 1.165) is 12.1 Å². The van der Waals surface area contributed by atoms with Crippen LogP contribution in [-0.4, -0.2) is 49.0 Å². The Morgan fingerprint density at radius 3 is 2.43 bits per heavy atom. The predicted octanol–water partition coefficient (Wildman–Crippen LogP) is 0.946. The molecule has 2 atom stereocenters. The number of hydrogen-bond acceptors (Lipinski definition) is 3. The van der Waals surface area contributed by atoms with Crippen LogP contribution in [0.25, 0.3) is 0 Å². The van der Waals surface area contributed by atoms with Gasteiger partial charge in [-0.1, -0.05) is 37.3 Å². The summed E-state index contributed by atoms with van der Waals surface area (Å²) in [5, 5.41) is 25.0. The van der Waals surface area contributed by atoms with E-state index in [9.17, 15) is 5.11 Å². The molecule has 5 heteroatoms. The lowest BCUT2D eigenvalue weighted by molar-refractivity contribution is 0.241. The Morgan fingerprint density at radius 2 is 1.86 bits per heavy atom. The number of aliphatic hydroxyl groups is 2. The van der Waals surface area contributed by atoms with E-state index < -0.39 is 0 Å². The first kappa shape index (κ1) is 17.5. The molecule has 1 rings (SSSR count). The highest BCUT2D eigenvalue weighted by atomic mass is 16.3. The van der Waals surface area contributed by atoms with Crippen LogP contribution in [0.3, 0.4) is 0 Å². The lowest BCUT2D eigenvalue weighted by atomic mass is 10.0. The van der Waals surface area contributed by atoms with Crippen molar-refractivity contribution in [3.8, 4) is 0 Å². The normalized spacial score (nSPS) is 14.6. The zero-order chi connectivity index (χ0) is 15.5. The van der Waals surface area contributed by atoms with Crippen molar-refractivity contribution >= 4 is 5.96 Å². The van der Waals surface area contributed by atoms with Crippen molar-refractivity contribution in [2.75, 3.05) is 32.8 Å². The Bertz CT molecular complexity index is 409. The number of nitrogens with one attached hydrogen (secondary N) is 2. The first-order chi connectivity index (χ1) is 10.2. The van der Waals surface area contributed by atoms with Crippen molar-refractivity contribution in [2.45, 2.75) is 19.8 Å². The minimum Gasteiger partial charge on any atom is -0.396 e. The largest absolute Gasteiger partial charge is 0.396 e. The molecule has 1 aromatic rings. The van der Waals surface area contributed by atoms with E-state index >= 15 is 0 Å². The summed E-state index contributed by atoms with van der Waals surface area (Å²) in [5.74, 6) is 0.890. The Kier molecular flexibility index (Phi) is 8.47. The molecule has 0 radical (unpaired) electrons. The van der Waals surface area contributed by atoms with Crippen molar-refractivity contribution in [2.24, 2.45) is 10.9 Å². The van der Waals surface area contributed by atoms with Crippen molar-refractivity contribution in [3.05, 3.63) is 35.9 Å². The van der Waals surface area contributed by atoms with Gasteiger partial charge in [-0.05, 0) is 18.4 Å². The number of guanidine groups is 1. The highest BCUT2D eigenvalue weighted by molar-refractivity contribution is 5.79. The minimum absolute atomic E-state index is 0.0327.